The second kappa shape index (κ2) is 9.61. The molecule has 1 aromatic carbocycles. The van der Waals surface area contributed by atoms with E-state index in [2.05, 4.69) is 31.0 Å². The minimum Gasteiger partial charge on any atom is -0.298 e. The Kier molecular flexibility index (Phi) is 6.86. The molecule has 202 valence electrons. The lowest BCUT2D eigenvalue weighted by Crippen LogP contribution is -2.24. The molecule has 2 aromatic heterocycles. The number of ketones is 1. The molecule has 0 spiro atoms. The van der Waals surface area contributed by atoms with Gasteiger partial charge in [0.2, 0.25) is 0 Å². The molecule has 1 fully saturated rings. The first-order chi connectivity index (χ1) is 17.8. The lowest BCUT2D eigenvalue weighted by molar-refractivity contribution is -0.142. The van der Waals surface area contributed by atoms with Gasteiger partial charge in [-0.2, -0.15) is 27.1 Å². The Bertz CT molecular complexity index is 1410. The molecule has 0 N–H and O–H groups in total. The molecule has 14 heteroatoms. The van der Waals surface area contributed by atoms with E-state index in [1.54, 1.807) is 6.26 Å². The number of Topliss-reactive ketones (excluding diaryl/α,β-unsaturated/α-hetero) is 1. The number of alkyl halides is 5. The van der Waals surface area contributed by atoms with Crippen molar-refractivity contribution in [3.05, 3.63) is 68.7 Å². The summed E-state index contributed by atoms with van der Waals surface area (Å²) >= 11 is 4.53. The summed E-state index contributed by atoms with van der Waals surface area (Å²) in [4.78, 5) is 21.7. The van der Waals surface area contributed by atoms with E-state index in [4.69, 9.17) is 0 Å². The average Bonchev–Trinajstić information content (AvgIpc) is 3.46. The van der Waals surface area contributed by atoms with E-state index in [0.29, 0.717) is 26.1 Å². The molecular formula is C24H18BrF7N4OS. The Morgan fingerprint density at radius 2 is 1.92 bits per heavy atom. The highest BCUT2D eigenvalue weighted by Crippen LogP contribution is 2.68. The van der Waals surface area contributed by atoms with Crippen LogP contribution in [0.3, 0.4) is 0 Å². The van der Waals surface area contributed by atoms with E-state index in [0.717, 1.165) is 12.1 Å². The van der Waals surface area contributed by atoms with E-state index in [1.807, 2.05) is 0 Å². The summed E-state index contributed by atoms with van der Waals surface area (Å²) in [6.45, 7) is -0.820. The third kappa shape index (κ3) is 4.96. The third-order valence-electron chi connectivity index (χ3n) is 6.72. The molecule has 2 heterocycles. The molecule has 0 bridgehead atoms. The molecule has 0 amide bonds. The highest BCUT2D eigenvalue weighted by Gasteiger charge is 2.68. The van der Waals surface area contributed by atoms with Crippen LogP contribution >= 0.6 is 27.7 Å². The fourth-order valence-corrected chi connectivity index (χ4v) is 5.99. The molecule has 2 aliphatic carbocycles. The lowest BCUT2D eigenvalue weighted by atomic mass is 9.91. The maximum Gasteiger partial charge on any atom is 0.435 e. The van der Waals surface area contributed by atoms with Crippen molar-refractivity contribution < 1.29 is 35.5 Å². The fourth-order valence-electron chi connectivity index (χ4n) is 5.13. The first kappa shape index (κ1) is 27.1. The largest absolute Gasteiger partial charge is 0.435 e. The van der Waals surface area contributed by atoms with E-state index in [9.17, 15) is 35.5 Å². The van der Waals surface area contributed by atoms with Crippen molar-refractivity contribution in [1.29, 1.82) is 0 Å². The van der Waals surface area contributed by atoms with Crippen LogP contribution < -0.4 is 0 Å². The van der Waals surface area contributed by atoms with Crippen molar-refractivity contribution in [2.24, 2.45) is 5.92 Å². The Labute approximate surface area is 224 Å². The van der Waals surface area contributed by atoms with Gasteiger partial charge in [-0.15, -0.1) is 0 Å². The number of fused-ring (bicyclic) bond motifs is 3. The predicted molar refractivity (Wildman–Crippen MR) is 126 cm³/mol. The van der Waals surface area contributed by atoms with Crippen LogP contribution in [0.2, 0.25) is 0 Å². The average molecular weight is 623 g/mol. The number of hydrogen-bond acceptors (Lipinski definition) is 5. The van der Waals surface area contributed by atoms with Crippen molar-refractivity contribution in [2.75, 3.05) is 6.26 Å². The summed E-state index contributed by atoms with van der Waals surface area (Å²) in [5.41, 5.74) is -2.25. The van der Waals surface area contributed by atoms with Gasteiger partial charge in [-0.25, -0.2) is 18.7 Å². The molecule has 3 atom stereocenters. The van der Waals surface area contributed by atoms with Gasteiger partial charge < -0.3 is 0 Å². The number of aromatic nitrogens is 4. The number of thioether (sulfide) groups is 1. The lowest BCUT2D eigenvalue weighted by Gasteiger charge is -2.19. The summed E-state index contributed by atoms with van der Waals surface area (Å²) < 4.78 is 99.1. The molecular weight excluding hydrogens is 605 g/mol. The van der Waals surface area contributed by atoms with Crippen LogP contribution in [-0.4, -0.2) is 31.8 Å². The molecule has 0 radical (unpaired) electrons. The molecule has 5 rings (SSSR count). The molecule has 5 nitrogen and oxygen atoms in total. The Balaban J connectivity index is 1.47. The molecule has 1 saturated carbocycles. The third-order valence-corrected chi connectivity index (χ3v) is 7.90. The van der Waals surface area contributed by atoms with Gasteiger partial charge in [-0.3, -0.25) is 9.48 Å². The molecule has 0 saturated heterocycles. The predicted octanol–water partition coefficient (Wildman–Crippen LogP) is 6.65. The van der Waals surface area contributed by atoms with Gasteiger partial charge in [0.05, 0.1) is 10.2 Å². The number of benzene rings is 1. The van der Waals surface area contributed by atoms with Gasteiger partial charge in [0, 0.05) is 36.1 Å². The summed E-state index contributed by atoms with van der Waals surface area (Å²) in [5.74, 6) is -8.84. The summed E-state index contributed by atoms with van der Waals surface area (Å²) in [5, 5.41) is 3.75. The number of carbonyl (C=O) groups excluding carboxylic acids is 1. The summed E-state index contributed by atoms with van der Waals surface area (Å²) in [6, 6.07) is 2.87. The fraction of sp³-hybridized carbons (Fsp3) is 0.417. The molecule has 38 heavy (non-hydrogen) atoms. The zero-order valence-electron chi connectivity index (χ0n) is 19.5. The van der Waals surface area contributed by atoms with Crippen LogP contribution in [0.4, 0.5) is 30.7 Å². The van der Waals surface area contributed by atoms with E-state index >= 15 is 0 Å². The quantitative estimate of drug-likeness (QED) is 0.160. The van der Waals surface area contributed by atoms with E-state index in [-0.39, 0.29) is 24.8 Å². The van der Waals surface area contributed by atoms with E-state index < -0.39 is 70.8 Å². The molecule has 0 aliphatic heterocycles. The normalized spacial score (nSPS) is 20.2. The number of carbonyl (C=O) groups is 1. The Morgan fingerprint density at radius 3 is 2.55 bits per heavy atom. The van der Waals surface area contributed by atoms with Crippen LogP contribution in [0.1, 0.15) is 52.9 Å². The van der Waals surface area contributed by atoms with Gasteiger partial charge >= 0.3 is 6.18 Å². The van der Waals surface area contributed by atoms with Gasteiger partial charge in [-0.1, -0.05) is 11.8 Å². The number of nitrogens with zero attached hydrogens (tertiary/aromatic N) is 4. The number of rotatable bonds is 8. The van der Waals surface area contributed by atoms with Crippen molar-refractivity contribution >= 4 is 33.5 Å². The Morgan fingerprint density at radius 1 is 1.24 bits per heavy atom. The minimum absolute atomic E-state index is 0.0603. The number of halogens is 8. The maximum atomic E-state index is 14.9. The second-order valence-electron chi connectivity index (χ2n) is 9.35. The van der Waals surface area contributed by atoms with Crippen molar-refractivity contribution in [1.82, 2.24) is 19.7 Å². The number of hydrogen-bond donors (Lipinski definition) is 0. The van der Waals surface area contributed by atoms with Crippen molar-refractivity contribution in [2.45, 2.75) is 54.9 Å². The zero-order valence-corrected chi connectivity index (χ0v) is 21.9. The van der Waals surface area contributed by atoms with Gasteiger partial charge in [0.15, 0.2) is 16.6 Å². The second-order valence-corrected chi connectivity index (χ2v) is 11.0. The van der Waals surface area contributed by atoms with Crippen LogP contribution in [0.5, 0.6) is 0 Å². The van der Waals surface area contributed by atoms with Crippen LogP contribution in [0, 0.1) is 17.6 Å². The standard InChI is InChI=1S/C24H18BrF7N4OS/c1-38-22-33-8-17(25)19(34-22)11(2-10-3-12(26)6-13(27)4-10)5-14(37)9-36-21-18(20(35-36)24(30,31)32)15-7-16(15)23(21,28)29/h3-4,6,8,11,15-16H,2,5,7,9H2,1H3/t11-,15+,16-/m1/s1. The van der Waals surface area contributed by atoms with Crippen molar-refractivity contribution in [3.8, 4) is 0 Å². The highest BCUT2D eigenvalue weighted by atomic mass is 79.9. The monoisotopic (exact) mass is 622 g/mol. The van der Waals surface area contributed by atoms with Crippen LogP contribution in [0.15, 0.2) is 34.0 Å². The maximum absolute atomic E-state index is 14.9. The first-order valence-electron chi connectivity index (χ1n) is 11.4. The molecule has 3 aromatic rings. The molecule has 2 aliphatic rings. The summed E-state index contributed by atoms with van der Waals surface area (Å²) in [6.07, 6.45) is -2.27. The first-order valence-corrected chi connectivity index (χ1v) is 13.4. The molecule has 0 unspecified atom stereocenters. The smallest absolute Gasteiger partial charge is 0.298 e. The van der Waals surface area contributed by atoms with Crippen LogP contribution in [0.25, 0.3) is 0 Å². The minimum atomic E-state index is -4.95. The van der Waals surface area contributed by atoms with Crippen LogP contribution in [-0.2, 0) is 29.9 Å². The van der Waals surface area contributed by atoms with Gasteiger partial charge in [0.25, 0.3) is 5.92 Å². The Hall–Kier alpha value is -2.48. The van der Waals surface area contributed by atoms with Gasteiger partial charge in [-0.05, 0) is 58.6 Å². The van der Waals surface area contributed by atoms with Crippen molar-refractivity contribution in [3.63, 3.8) is 0 Å². The summed E-state index contributed by atoms with van der Waals surface area (Å²) in [7, 11) is 0. The van der Waals surface area contributed by atoms with E-state index in [1.165, 1.54) is 18.0 Å². The highest BCUT2D eigenvalue weighted by molar-refractivity contribution is 9.10. The topological polar surface area (TPSA) is 60.7 Å². The SMILES string of the molecule is CSc1ncc(Br)c([C@@H](CC(=O)Cn2nc(C(F)(F)F)c3c2C(F)(F)[C@@H]2C[C@H]32)Cc2cc(F)cc(F)c2)n1. The van der Waals surface area contributed by atoms with Gasteiger partial charge in [0.1, 0.15) is 23.9 Å². The zero-order chi connectivity index (χ0) is 27.6.